The van der Waals surface area contributed by atoms with Crippen LogP contribution in [0.5, 0.6) is 0 Å². The van der Waals surface area contributed by atoms with E-state index in [1.54, 1.807) is 17.5 Å². The number of hydrogen-bond acceptors (Lipinski definition) is 5. The Kier molecular flexibility index (Phi) is 4.06. The van der Waals surface area contributed by atoms with Gasteiger partial charge < -0.3 is 11.1 Å². The molecular formula is C14H18N4S2. The van der Waals surface area contributed by atoms with Crippen LogP contribution in [-0.4, -0.2) is 15.0 Å². The summed E-state index contributed by atoms with van der Waals surface area (Å²) in [5, 5.41) is 6.07. The van der Waals surface area contributed by atoms with Crippen molar-refractivity contribution in [3.63, 3.8) is 0 Å². The van der Waals surface area contributed by atoms with Gasteiger partial charge >= 0.3 is 0 Å². The summed E-state index contributed by atoms with van der Waals surface area (Å²) in [5.74, 6) is 0.660. The van der Waals surface area contributed by atoms with Crippen LogP contribution in [0.1, 0.15) is 37.6 Å². The summed E-state index contributed by atoms with van der Waals surface area (Å²) in [6.45, 7) is 8.37. The average Bonchev–Trinajstić information content (AvgIpc) is 2.76. The van der Waals surface area contributed by atoms with Gasteiger partial charge in [-0.1, -0.05) is 33.0 Å². The molecule has 0 aliphatic heterocycles. The van der Waals surface area contributed by atoms with E-state index in [9.17, 15) is 0 Å². The fourth-order valence-corrected chi connectivity index (χ4v) is 2.93. The van der Waals surface area contributed by atoms with E-state index in [-0.39, 0.29) is 5.41 Å². The van der Waals surface area contributed by atoms with E-state index in [2.05, 4.69) is 41.4 Å². The molecule has 0 aliphatic carbocycles. The first-order valence-electron chi connectivity index (χ1n) is 6.27. The summed E-state index contributed by atoms with van der Waals surface area (Å²) in [6, 6.07) is 1.89. The predicted octanol–water partition coefficient (Wildman–Crippen LogP) is 3.52. The predicted molar refractivity (Wildman–Crippen MR) is 89.0 cm³/mol. The van der Waals surface area contributed by atoms with Gasteiger partial charge in [-0.15, -0.1) is 11.3 Å². The van der Waals surface area contributed by atoms with Gasteiger partial charge in [0.15, 0.2) is 5.13 Å². The maximum Gasteiger partial charge on any atom is 0.188 e. The minimum absolute atomic E-state index is 0.0302. The summed E-state index contributed by atoms with van der Waals surface area (Å²) >= 11 is 6.65. The van der Waals surface area contributed by atoms with Gasteiger partial charge in [0, 0.05) is 17.0 Å². The second kappa shape index (κ2) is 5.46. The Labute approximate surface area is 128 Å². The van der Waals surface area contributed by atoms with Gasteiger partial charge in [-0.2, -0.15) is 0 Å². The van der Waals surface area contributed by atoms with Crippen LogP contribution in [0, 0.1) is 6.92 Å². The van der Waals surface area contributed by atoms with Crippen LogP contribution in [0.4, 0.5) is 10.9 Å². The number of pyridine rings is 1. The van der Waals surface area contributed by atoms with Crippen molar-refractivity contribution >= 4 is 39.5 Å². The number of aryl methyl sites for hydroxylation is 1. The summed E-state index contributed by atoms with van der Waals surface area (Å²) in [4.78, 5) is 9.24. The largest absolute Gasteiger partial charge is 0.389 e. The average molecular weight is 306 g/mol. The van der Waals surface area contributed by atoms with Crippen molar-refractivity contribution in [3.8, 4) is 0 Å². The maximum atomic E-state index is 5.78. The molecule has 0 aromatic carbocycles. The van der Waals surface area contributed by atoms with Gasteiger partial charge in [0.25, 0.3) is 0 Å². The zero-order chi connectivity index (χ0) is 14.9. The molecule has 2 aromatic heterocycles. The molecule has 0 fully saturated rings. The molecule has 2 heterocycles. The lowest BCUT2D eigenvalue weighted by atomic mass is 9.93. The Hall–Kier alpha value is -1.53. The SMILES string of the molecule is Cc1ccnc(Nc2nc(C(C)(C)C)cs2)c1C(N)=S. The first-order valence-corrected chi connectivity index (χ1v) is 7.56. The van der Waals surface area contributed by atoms with E-state index in [4.69, 9.17) is 18.0 Å². The quantitative estimate of drug-likeness (QED) is 0.849. The third kappa shape index (κ3) is 3.13. The molecule has 0 saturated carbocycles. The van der Waals surface area contributed by atoms with Crippen LogP contribution < -0.4 is 11.1 Å². The number of nitrogens with zero attached hydrogens (tertiary/aromatic N) is 2. The van der Waals surface area contributed by atoms with Crippen molar-refractivity contribution in [1.82, 2.24) is 9.97 Å². The summed E-state index contributed by atoms with van der Waals surface area (Å²) in [7, 11) is 0. The molecule has 2 rings (SSSR count). The van der Waals surface area contributed by atoms with E-state index >= 15 is 0 Å². The molecule has 3 N–H and O–H groups in total. The lowest BCUT2D eigenvalue weighted by molar-refractivity contribution is 0.573. The number of aromatic nitrogens is 2. The molecule has 4 nitrogen and oxygen atoms in total. The molecule has 0 radical (unpaired) electrons. The lowest BCUT2D eigenvalue weighted by Crippen LogP contribution is -2.15. The van der Waals surface area contributed by atoms with Gasteiger partial charge in [-0.25, -0.2) is 9.97 Å². The highest BCUT2D eigenvalue weighted by molar-refractivity contribution is 7.80. The first-order chi connectivity index (χ1) is 9.29. The van der Waals surface area contributed by atoms with Gasteiger partial charge in [-0.05, 0) is 18.6 Å². The number of hydrogen-bond donors (Lipinski definition) is 2. The Morgan fingerprint density at radius 3 is 2.65 bits per heavy atom. The van der Waals surface area contributed by atoms with Crippen LogP contribution in [0.3, 0.4) is 0 Å². The minimum atomic E-state index is 0.0302. The van der Waals surface area contributed by atoms with Crippen LogP contribution in [0.2, 0.25) is 0 Å². The topological polar surface area (TPSA) is 63.8 Å². The highest BCUT2D eigenvalue weighted by Gasteiger charge is 2.18. The van der Waals surface area contributed by atoms with E-state index in [1.807, 2.05) is 13.0 Å². The molecule has 0 amide bonds. The van der Waals surface area contributed by atoms with Crippen LogP contribution in [0.25, 0.3) is 0 Å². The van der Waals surface area contributed by atoms with Crippen LogP contribution in [0.15, 0.2) is 17.6 Å². The third-order valence-electron chi connectivity index (χ3n) is 2.90. The molecule has 0 unspecified atom stereocenters. The second-order valence-corrected chi connectivity index (χ2v) is 6.93. The third-order valence-corrected chi connectivity index (χ3v) is 3.87. The molecular weight excluding hydrogens is 288 g/mol. The molecule has 0 atom stereocenters. The van der Waals surface area contributed by atoms with Crippen molar-refractivity contribution in [2.24, 2.45) is 5.73 Å². The number of thiocarbonyl (C=S) groups is 1. The molecule has 0 saturated heterocycles. The van der Waals surface area contributed by atoms with Crippen molar-refractivity contribution in [2.45, 2.75) is 33.1 Å². The highest BCUT2D eigenvalue weighted by atomic mass is 32.1. The Morgan fingerprint density at radius 2 is 2.10 bits per heavy atom. The van der Waals surface area contributed by atoms with E-state index in [1.165, 1.54) is 0 Å². The number of nitrogens with two attached hydrogens (primary N) is 1. The highest BCUT2D eigenvalue weighted by Crippen LogP contribution is 2.29. The Balaban J connectivity index is 2.34. The van der Waals surface area contributed by atoms with Crippen LogP contribution >= 0.6 is 23.6 Å². The van der Waals surface area contributed by atoms with Gasteiger partial charge in [0.2, 0.25) is 0 Å². The number of rotatable bonds is 3. The molecule has 106 valence electrons. The van der Waals surface area contributed by atoms with Gasteiger partial charge in [0.1, 0.15) is 10.8 Å². The van der Waals surface area contributed by atoms with Crippen LogP contribution in [-0.2, 0) is 5.41 Å². The molecule has 6 heteroatoms. The number of thiazole rings is 1. The van der Waals surface area contributed by atoms with E-state index < -0.39 is 0 Å². The van der Waals surface area contributed by atoms with E-state index in [0.29, 0.717) is 10.8 Å². The van der Waals surface area contributed by atoms with Gasteiger partial charge in [-0.3, -0.25) is 0 Å². The van der Waals surface area contributed by atoms with Crippen molar-refractivity contribution in [3.05, 3.63) is 34.5 Å². The maximum absolute atomic E-state index is 5.78. The Bertz CT molecular complexity index is 641. The van der Waals surface area contributed by atoms with E-state index in [0.717, 1.165) is 22.0 Å². The fourth-order valence-electron chi connectivity index (χ4n) is 1.74. The molecule has 2 aromatic rings. The molecule has 0 aliphatic rings. The summed E-state index contributed by atoms with van der Waals surface area (Å²) in [5.41, 5.74) is 8.63. The Morgan fingerprint density at radius 1 is 1.40 bits per heavy atom. The van der Waals surface area contributed by atoms with Crippen molar-refractivity contribution in [1.29, 1.82) is 0 Å². The lowest BCUT2D eigenvalue weighted by Gasteiger charge is -2.14. The molecule has 0 spiro atoms. The number of nitrogens with one attached hydrogen (secondary N) is 1. The first kappa shape index (κ1) is 14.9. The second-order valence-electron chi connectivity index (χ2n) is 5.63. The molecule has 20 heavy (non-hydrogen) atoms. The zero-order valence-corrected chi connectivity index (χ0v) is 13.7. The molecule has 0 bridgehead atoms. The minimum Gasteiger partial charge on any atom is -0.389 e. The zero-order valence-electron chi connectivity index (χ0n) is 12.0. The van der Waals surface area contributed by atoms with Crippen molar-refractivity contribution < 1.29 is 0 Å². The monoisotopic (exact) mass is 306 g/mol. The normalized spacial score (nSPS) is 11.4. The standard InChI is InChI=1S/C14H18N4S2/c1-8-5-6-16-12(10(8)11(15)19)18-13-17-9(7-20-13)14(2,3)4/h5-7H,1-4H3,(H2,15,19)(H,16,17,18). The summed E-state index contributed by atoms with van der Waals surface area (Å²) < 4.78 is 0. The smallest absolute Gasteiger partial charge is 0.188 e. The summed E-state index contributed by atoms with van der Waals surface area (Å²) in [6.07, 6.45) is 1.73. The van der Waals surface area contributed by atoms with Crippen molar-refractivity contribution in [2.75, 3.05) is 5.32 Å². The number of anilines is 2. The van der Waals surface area contributed by atoms with Gasteiger partial charge in [0.05, 0.1) is 11.3 Å². The fraction of sp³-hybridized carbons (Fsp3) is 0.357.